The summed E-state index contributed by atoms with van der Waals surface area (Å²) in [5.74, 6) is -1.76. The first-order valence-corrected chi connectivity index (χ1v) is 3.13. The summed E-state index contributed by atoms with van der Waals surface area (Å²) in [5.41, 5.74) is 0.176. The molecule has 0 bridgehead atoms. The van der Waals surface area contributed by atoms with Crippen molar-refractivity contribution in [3.8, 4) is 0 Å². The van der Waals surface area contributed by atoms with Crippen LogP contribution in [0, 0.1) is 0 Å². The van der Waals surface area contributed by atoms with E-state index in [1.165, 1.54) is 13.0 Å². The van der Waals surface area contributed by atoms with Crippen LogP contribution in [0.25, 0.3) is 0 Å². The summed E-state index contributed by atoms with van der Waals surface area (Å²) >= 11 is 0. The van der Waals surface area contributed by atoms with Gasteiger partial charge in [-0.15, -0.1) is 6.58 Å². The summed E-state index contributed by atoms with van der Waals surface area (Å²) in [6.45, 7) is 7.82. The van der Waals surface area contributed by atoms with Crippen LogP contribution in [0.4, 0.5) is 0 Å². The topological polar surface area (TPSA) is 74.6 Å². The number of aliphatic carboxylic acids is 2. The molecule has 0 heterocycles. The first kappa shape index (κ1) is 13.0. The predicted octanol–water partition coefficient (Wildman–Crippen LogP) is 1.29. The maximum atomic E-state index is 9.60. The molecule has 2 N–H and O–H groups in total. The van der Waals surface area contributed by atoms with Crippen LogP contribution in [0.5, 0.6) is 0 Å². The molecule has 0 aliphatic heterocycles. The van der Waals surface area contributed by atoms with E-state index in [1.54, 1.807) is 0 Å². The predicted molar refractivity (Wildman–Crippen MR) is 44.9 cm³/mol. The van der Waals surface area contributed by atoms with E-state index >= 15 is 0 Å². The van der Waals surface area contributed by atoms with Gasteiger partial charge in [0, 0.05) is 5.57 Å². The summed E-state index contributed by atoms with van der Waals surface area (Å²) in [5, 5.41) is 15.7. The highest BCUT2D eigenvalue weighted by Crippen LogP contribution is 1.81. The van der Waals surface area contributed by atoms with Crippen molar-refractivity contribution in [1.29, 1.82) is 0 Å². The van der Waals surface area contributed by atoms with Gasteiger partial charge in [-0.2, -0.15) is 0 Å². The van der Waals surface area contributed by atoms with Crippen LogP contribution >= 0.6 is 0 Å². The second-order valence-corrected chi connectivity index (χ2v) is 1.97. The third-order valence-electron chi connectivity index (χ3n) is 0.684. The molecule has 0 aromatic carbocycles. The van der Waals surface area contributed by atoms with E-state index in [1.807, 2.05) is 0 Å². The van der Waals surface area contributed by atoms with Gasteiger partial charge in [-0.05, 0) is 6.92 Å². The zero-order chi connectivity index (χ0) is 10.1. The zero-order valence-electron chi connectivity index (χ0n) is 6.91. The Morgan fingerprint density at radius 1 is 1.42 bits per heavy atom. The molecule has 0 spiro atoms. The van der Waals surface area contributed by atoms with E-state index < -0.39 is 11.9 Å². The smallest absolute Gasteiger partial charge is 0.330 e. The Balaban J connectivity index is 0. The summed E-state index contributed by atoms with van der Waals surface area (Å²) in [6, 6.07) is 0. The molecule has 0 radical (unpaired) electrons. The Kier molecular flexibility index (Phi) is 8.18. The Morgan fingerprint density at radius 2 is 1.75 bits per heavy atom. The largest absolute Gasteiger partial charge is 0.481 e. The van der Waals surface area contributed by atoms with Gasteiger partial charge >= 0.3 is 11.9 Å². The Morgan fingerprint density at radius 3 is 1.75 bits per heavy atom. The summed E-state index contributed by atoms with van der Waals surface area (Å²) in [7, 11) is 0. The summed E-state index contributed by atoms with van der Waals surface area (Å²) in [4.78, 5) is 19.1. The molecule has 0 atom stereocenters. The quantitative estimate of drug-likeness (QED) is 0.497. The fourth-order valence-electron chi connectivity index (χ4n) is 0.123. The normalized spacial score (nSPS) is 7.42. The van der Waals surface area contributed by atoms with Crippen molar-refractivity contribution in [2.45, 2.75) is 13.3 Å². The number of carboxylic acids is 2. The highest BCUT2D eigenvalue weighted by molar-refractivity contribution is 5.84. The van der Waals surface area contributed by atoms with Gasteiger partial charge in [0.1, 0.15) is 0 Å². The van der Waals surface area contributed by atoms with E-state index in [2.05, 4.69) is 13.2 Å². The van der Waals surface area contributed by atoms with Crippen molar-refractivity contribution >= 4 is 11.9 Å². The highest BCUT2D eigenvalue weighted by Gasteiger charge is 1.90. The molecule has 0 aromatic heterocycles. The molecule has 0 rings (SSSR count). The average Bonchev–Trinajstić information content (AvgIpc) is 1.87. The molecule has 0 aliphatic carbocycles. The van der Waals surface area contributed by atoms with Crippen molar-refractivity contribution in [3.63, 3.8) is 0 Å². The third-order valence-corrected chi connectivity index (χ3v) is 0.684. The molecule has 12 heavy (non-hydrogen) atoms. The fourth-order valence-corrected chi connectivity index (χ4v) is 0.123. The first-order valence-electron chi connectivity index (χ1n) is 3.13. The highest BCUT2D eigenvalue weighted by atomic mass is 16.4. The van der Waals surface area contributed by atoms with Gasteiger partial charge in [-0.3, -0.25) is 4.79 Å². The van der Waals surface area contributed by atoms with E-state index in [4.69, 9.17) is 10.2 Å². The summed E-state index contributed by atoms with van der Waals surface area (Å²) < 4.78 is 0. The lowest BCUT2D eigenvalue weighted by Crippen LogP contribution is -1.92. The van der Waals surface area contributed by atoms with E-state index in [9.17, 15) is 9.59 Å². The van der Waals surface area contributed by atoms with Crippen molar-refractivity contribution in [2.24, 2.45) is 0 Å². The molecule has 0 unspecified atom stereocenters. The van der Waals surface area contributed by atoms with Gasteiger partial charge in [-0.25, -0.2) is 4.79 Å². The second kappa shape index (κ2) is 7.53. The molecule has 4 nitrogen and oxygen atoms in total. The molecule has 0 saturated heterocycles. The van der Waals surface area contributed by atoms with E-state index in [-0.39, 0.29) is 12.0 Å². The van der Waals surface area contributed by atoms with Gasteiger partial charge in [0.25, 0.3) is 0 Å². The number of hydrogen-bond donors (Lipinski definition) is 2. The van der Waals surface area contributed by atoms with Gasteiger partial charge < -0.3 is 10.2 Å². The monoisotopic (exact) mass is 172 g/mol. The number of carbonyl (C=O) groups is 2. The van der Waals surface area contributed by atoms with Crippen LogP contribution in [0.3, 0.4) is 0 Å². The van der Waals surface area contributed by atoms with Crippen LogP contribution < -0.4 is 0 Å². The second-order valence-electron chi connectivity index (χ2n) is 1.97. The number of hydrogen-bond acceptors (Lipinski definition) is 2. The van der Waals surface area contributed by atoms with E-state index in [0.717, 1.165) is 0 Å². The van der Waals surface area contributed by atoms with Crippen molar-refractivity contribution in [3.05, 3.63) is 24.8 Å². The lowest BCUT2D eigenvalue weighted by Gasteiger charge is -1.79. The fraction of sp³-hybridized carbons (Fsp3) is 0.250. The lowest BCUT2D eigenvalue weighted by atomic mass is 10.4. The van der Waals surface area contributed by atoms with E-state index in [0.29, 0.717) is 0 Å². The molecular formula is C8H12O4. The van der Waals surface area contributed by atoms with Gasteiger partial charge in [-0.1, -0.05) is 12.7 Å². The minimum atomic E-state index is -0.935. The number of rotatable bonds is 3. The van der Waals surface area contributed by atoms with Gasteiger partial charge in [0.15, 0.2) is 0 Å². The standard InChI is InChI=1S/2C4H6O2/c1-3(2)4(5)6;1-2-3-4(5)6/h1H2,2H3,(H,5,6);2H,1,3H2,(H,5,6). The molecule has 0 saturated carbocycles. The maximum Gasteiger partial charge on any atom is 0.330 e. The summed E-state index contributed by atoms with van der Waals surface area (Å²) in [6.07, 6.45) is 1.41. The van der Waals surface area contributed by atoms with Crippen LogP contribution in [0.2, 0.25) is 0 Å². The molecule has 0 fully saturated rings. The lowest BCUT2D eigenvalue weighted by molar-refractivity contribution is -0.136. The molecule has 0 aromatic rings. The van der Waals surface area contributed by atoms with Crippen molar-refractivity contribution < 1.29 is 19.8 Å². The SMILES string of the molecule is C=C(C)C(=O)O.C=CCC(=O)O. The molecular weight excluding hydrogens is 160 g/mol. The molecule has 4 heteroatoms. The van der Waals surface area contributed by atoms with Crippen molar-refractivity contribution in [1.82, 2.24) is 0 Å². The van der Waals surface area contributed by atoms with Gasteiger partial charge in [0.05, 0.1) is 6.42 Å². The zero-order valence-corrected chi connectivity index (χ0v) is 6.91. The minimum Gasteiger partial charge on any atom is -0.481 e. The van der Waals surface area contributed by atoms with Crippen LogP contribution in [0.1, 0.15) is 13.3 Å². The van der Waals surface area contributed by atoms with Crippen molar-refractivity contribution in [2.75, 3.05) is 0 Å². The van der Waals surface area contributed by atoms with Gasteiger partial charge in [0.2, 0.25) is 0 Å². The van der Waals surface area contributed by atoms with Crippen LogP contribution in [-0.4, -0.2) is 22.2 Å². The molecule has 0 aliphatic rings. The minimum absolute atomic E-state index is 0.0556. The maximum absolute atomic E-state index is 9.60. The Labute approximate surface area is 70.8 Å². The number of carboxylic acid groups (broad SMARTS) is 2. The average molecular weight is 172 g/mol. The Bertz CT molecular complexity index is 181. The first-order chi connectivity index (χ1) is 5.41. The van der Waals surface area contributed by atoms with Crippen LogP contribution in [-0.2, 0) is 9.59 Å². The third kappa shape index (κ3) is 15.8. The van der Waals surface area contributed by atoms with Crippen LogP contribution in [0.15, 0.2) is 24.8 Å². The molecule has 68 valence electrons. The Hall–Kier alpha value is -1.58. The molecule has 0 amide bonds.